The van der Waals surface area contributed by atoms with Crippen LogP contribution < -0.4 is 0 Å². The predicted molar refractivity (Wildman–Crippen MR) is 61.8 cm³/mol. The standard InChI is InChI=1S/C12H13NOS/c14-12(11-5-7-15-9-11)4-3-10-2-1-6-13-8-10/h1-2,5-9,12,14H,3-4H2. The minimum absolute atomic E-state index is 0.351. The molecule has 1 N–H and O–H groups in total. The van der Waals surface area contributed by atoms with E-state index in [2.05, 4.69) is 4.98 Å². The van der Waals surface area contributed by atoms with Crippen molar-refractivity contribution in [2.75, 3.05) is 0 Å². The molecule has 2 aromatic rings. The number of hydrogen-bond acceptors (Lipinski definition) is 3. The Labute approximate surface area is 93.2 Å². The van der Waals surface area contributed by atoms with Gasteiger partial charge in [0.2, 0.25) is 0 Å². The van der Waals surface area contributed by atoms with Gasteiger partial charge in [0.1, 0.15) is 0 Å². The third-order valence-electron chi connectivity index (χ3n) is 2.36. The lowest BCUT2D eigenvalue weighted by Gasteiger charge is -2.08. The number of pyridine rings is 1. The lowest BCUT2D eigenvalue weighted by Crippen LogP contribution is -1.98. The maximum Gasteiger partial charge on any atom is 0.0801 e. The monoisotopic (exact) mass is 219 g/mol. The third kappa shape index (κ3) is 2.88. The van der Waals surface area contributed by atoms with E-state index >= 15 is 0 Å². The molecule has 0 saturated carbocycles. The molecule has 0 aromatic carbocycles. The molecule has 1 unspecified atom stereocenters. The van der Waals surface area contributed by atoms with Crippen molar-refractivity contribution in [1.29, 1.82) is 0 Å². The molecule has 0 amide bonds. The first kappa shape index (κ1) is 10.3. The van der Waals surface area contributed by atoms with Gasteiger partial charge < -0.3 is 5.11 Å². The van der Waals surface area contributed by atoms with E-state index in [4.69, 9.17) is 0 Å². The van der Waals surface area contributed by atoms with Crippen LogP contribution in [-0.4, -0.2) is 10.1 Å². The van der Waals surface area contributed by atoms with Gasteiger partial charge in [-0.1, -0.05) is 6.07 Å². The summed E-state index contributed by atoms with van der Waals surface area (Å²) < 4.78 is 0. The van der Waals surface area contributed by atoms with Gasteiger partial charge in [0.05, 0.1) is 6.10 Å². The maximum absolute atomic E-state index is 9.86. The topological polar surface area (TPSA) is 33.1 Å². The molecule has 2 rings (SSSR count). The smallest absolute Gasteiger partial charge is 0.0801 e. The molecule has 0 bridgehead atoms. The number of nitrogens with zero attached hydrogens (tertiary/aromatic N) is 1. The van der Waals surface area contributed by atoms with Gasteiger partial charge in [0, 0.05) is 12.4 Å². The van der Waals surface area contributed by atoms with Crippen LogP contribution in [0.1, 0.15) is 23.7 Å². The molecule has 0 fully saturated rings. The highest BCUT2D eigenvalue weighted by Crippen LogP contribution is 2.20. The molecular formula is C12H13NOS. The van der Waals surface area contributed by atoms with Crippen LogP contribution in [0.3, 0.4) is 0 Å². The van der Waals surface area contributed by atoms with Crippen molar-refractivity contribution in [3.8, 4) is 0 Å². The van der Waals surface area contributed by atoms with Crippen LogP contribution in [0.2, 0.25) is 0 Å². The first-order chi connectivity index (χ1) is 7.36. The second-order valence-corrected chi connectivity index (χ2v) is 4.25. The van der Waals surface area contributed by atoms with Crippen molar-refractivity contribution < 1.29 is 5.11 Å². The zero-order valence-corrected chi connectivity index (χ0v) is 9.15. The van der Waals surface area contributed by atoms with Gasteiger partial charge in [0.25, 0.3) is 0 Å². The van der Waals surface area contributed by atoms with E-state index in [0.717, 1.165) is 18.4 Å². The van der Waals surface area contributed by atoms with Crippen LogP contribution in [0, 0.1) is 0 Å². The average Bonchev–Trinajstić information content (AvgIpc) is 2.81. The van der Waals surface area contributed by atoms with Crippen LogP contribution in [0.15, 0.2) is 41.4 Å². The molecule has 0 aliphatic carbocycles. The van der Waals surface area contributed by atoms with Gasteiger partial charge in [-0.3, -0.25) is 4.98 Å². The molecule has 15 heavy (non-hydrogen) atoms. The van der Waals surface area contributed by atoms with Crippen LogP contribution in [0.5, 0.6) is 0 Å². The first-order valence-electron chi connectivity index (χ1n) is 4.95. The fourth-order valence-corrected chi connectivity index (χ4v) is 2.19. The van der Waals surface area contributed by atoms with Crippen LogP contribution in [-0.2, 0) is 6.42 Å². The highest BCUT2D eigenvalue weighted by molar-refractivity contribution is 7.07. The summed E-state index contributed by atoms with van der Waals surface area (Å²) in [4.78, 5) is 4.05. The summed E-state index contributed by atoms with van der Waals surface area (Å²) in [6.07, 6.45) is 4.88. The fraction of sp³-hybridized carbons (Fsp3) is 0.250. The number of thiophene rings is 1. The summed E-state index contributed by atoms with van der Waals surface area (Å²) in [6, 6.07) is 5.93. The second-order valence-electron chi connectivity index (χ2n) is 3.47. The van der Waals surface area contributed by atoms with Crippen LogP contribution in [0.4, 0.5) is 0 Å². The summed E-state index contributed by atoms with van der Waals surface area (Å²) in [5.74, 6) is 0. The molecular weight excluding hydrogens is 206 g/mol. The Morgan fingerprint density at radius 3 is 3.00 bits per heavy atom. The van der Waals surface area contributed by atoms with E-state index in [9.17, 15) is 5.11 Å². The van der Waals surface area contributed by atoms with Gasteiger partial charge >= 0.3 is 0 Å². The molecule has 2 heterocycles. The Balaban J connectivity index is 1.89. The fourth-order valence-electron chi connectivity index (χ4n) is 1.48. The predicted octanol–water partition coefficient (Wildman–Crippen LogP) is 2.81. The van der Waals surface area contributed by atoms with E-state index in [1.54, 1.807) is 17.5 Å². The number of aliphatic hydroxyl groups excluding tert-OH is 1. The normalized spacial score (nSPS) is 12.6. The van der Waals surface area contributed by atoms with Gasteiger partial charge in [0.15, 0.2) is 0 Å². The van der Waals surface area contributed by atoms with Crippen molar-refractivity contribution in [3.05, 3.63) is 52.5 Å². The largest absolute Gasteiger partial charge is 0.388 e. The second kappa shape index (κ2) is 5.05. The molecule has 0 aliphatic rings. The minimum Gasteiger partial charge on any atom is -0.388 e. The number of aromatic nitrogens is 1. The summed E-state index contributed by atoms with van der Waals surface area (Å²) in [5, 5.41) is 13.8. The minimum atomic E-state index is -0.351. The lowest BCUT2D eigenvalue weighted by atomic mass is 10.1. The van der Waals surface area contributed by atoms with Gasteiger partial charge in [-0.15, -0.1) is 0 Å². The first-order valence-corrected chi connectivity index (χ1v) is 5.89. The number of rotatable bonds is 4. The number of aryl methyl sites for hydroxylation is 1. The van der Waals surface area contributed by atoms with E-state index < -0.39 is 0 Å². The van der Waals surface area contributed by atoms with Crippen molar-refractivity contribution in [2.24, 2.45) is 0 Å². The van der Waals surface area contributed by atoms with E-state index in [0.29, 0.717) is 0 Å². The molecule has 1 atom stereocenters. The zero-order valence-electron chi connectivity index (χ0n) is 8.34. The maximum atomic E-state index is 9.86. The molecule has 0 aliphatic heterocycles. The Hall–Kier alpha value is -1.19. The molecule has 3 heteroatoms. The Kier molecular flexibility index (Phi) is 3.48. The molecule has 78 valence electrons. The molecule has 2 aromatic heterocycles. The van der Waals surface area contributed by atoms with Crippen molar-refractivity contribution in [1.82, 2.24) is 4.98 Å². The summed E-state index contributed by atoms with van der Waals surface area (Å²) >= 11 is 1.62. The quantitative estimate of drug-likeness (QED) is 0.857. The lowest BCUT2D eigenvalue weighted by molar-refractivity contribution is 0.168. The third-order valence-corrected chi connectivity index (χ3v) is 3.06. The summed E-state index contributed by atoms with van der Waals surface area (Å²) in [7, 11) is 0. The number of hydrogen-bond donors (Lipinski definition) is 1. The molecule has 2 nitrogen and oxygen atoms in total. The van der Waals surface area contributed by atoms with Crippen molar-refractivity contribution in [3.63, 3.8) is 0 Å². The van der Waals surface area contributed by atoms with Gasteiger partial charge in [-0.2, -0.15) is 11.3 Å². The van der Waals surface area contributed by atoms with Crippen LogP contribution >= 0.6 is 11.3 Å². The number of aliphatic hydroxyl groups is 1. The Morgan fingerprint density at radius 1 is 1.40 bits per heavy atom. The average molecular weight is 219 g/mol. The van der Waals surface area contributed by atoms with Crippen LogP contribution in [0.25, 0.3) is 0 Å². The molecule has 0 spiro atoms. The van der Waals surface area contributed by atoms with Crippen molar-refractivity contribution in [2.45, 2.75) is 18.9 Å². The molecule has 0 radical (unpaired) electrons. The van der Waals surface area contributed by atoms with Crippen molar-refractivity contribution >= 4 is 11.3 Å². The van der Waals surface area contributed by atoms with E-state index in [1.165, 1.54) is 5.56 Å². The van der Waals surface area contributed by atoms with Gasteiger partial charge in [-0.05, 0) is 46.9 Å². The summed E-state index contributed by atoms with van der Waals surface area (Å²) in [6.45, 7) is 0. The highest BCUT2D eigenvalue weighted by Gasteiger charge is 2.07. The Morgan fingerprint density at radius 2 is 2.33 bits per heavy atom. The van der Waals surface area contributed by atoms with Gasteiger partial charge in [-0.25, -0.2) is 0 Å². The van der Waals surface area contributed by atoms with E-state index in [-0.39, 0.29) is 6.10 Å². The highest BCUT2D eigenvalue weighted by atomic mass is 32.1. The molecule has 0 saturated heterocycles. The Bertz CT molecular complexity index is 385. The zero-order chi connectivity index (χ0) is 10.5. The summed E-state index contributed by atoms with van der Waals surface area (Å²) in [5.41, 5.74) is 2.19. The SMILES string of the molecule is OC(CCc1cccnc1)c1ccsc1. The van der Waals surface area contributed by atoms with E-state index in [1.807, 2.05) is 35.2 Å².